The predicted octanol–water partition coefficient (Wildman–Crippen LogP) is 1.51. The van der Waals surface area contributed by atoms with Crippen molar-refractivity contribution in [2.75, 3.05) is 39.6 Å². The summed E-state index contributed by atoms with van der Waals surface area (Å²) in [6.07, 6.45) is 4.49. The SMILES string of the molecule is C[N+](C)(C)CC(CC(=O)[O-])Nc1nccc(OCCCCc2ccccc2)n1. The number of likely N-dealkylation sites (N-methyl/N-ethyl adjacent to an activating group) is 1. The third-order valence-electron chi connectivity index (χ3n) is 4.10. The fourth-order valence-corrected chi connectivity index (χ4v) is 2.95. The highest BCUT2D eigenvalue weighted by molar-refractivity contribution is 5.65. The fourth-order valence-electron chi connectivity index (χ4n) is 2.95. The Morgan fingerprint density at radius 3 is 2.61 bits per heavy atom. The molecule has 0 aliphatic heterocycles. The largest absolute Gasteiger partial charge is 0.550 e. The van der Waals surface area contributed by atoms with Crippen LogP contribution in [-0.2, 0) is 11.2 Å². The summed E-state index contributed by atoms with van der Waals surface area (Å²) in [6.45, 7) is 1.17. The van der Waals surface area contributed by atoms with Crippen molar-refractivity contribution in [1.29, 1.82) is 0 Å². The number of carboxylic acid groups (broad SMARTS) is 1. The second-order valence-corrected chi connectivity index (χ2v) is 7.90. The third-order valence-corrected chi connectivity index (χ3v) is 4.10. The molecule has 0 aliphatic carbocycles. The molecule has 1 aromatic carbocycles. The minimum Gasteiger partial charge on any atom is -0.550 e. The Morgan fingerprint density at radius 2 is 1.93 bits per heavy atom. The number of aliphatic carboxylic acids is 1. The summed E-state index contributed by atoms with van der Waals surface area (Å²) >= 11 is 0. The maximum Gasteiger partial charge on any atom is 0.226 e. The number of nitrogens with one attached hydrogen (secondary N) is 1. The van der Waals surface area contributed by atoms with Crippen molar-refractivity contribution in [2.24, 2.45) is 0 Å². The van der Waals surface area contributed by atoms with E-state index in [4.69, 9.17) is 4.74 Å². The van der Waals surface area contributed by atoms with E-state index < -0.39 is 5.97 Å². The summed E-state index contributed by atoms with van der Waals surface area (Å²) in [7, 11) is 6.00. The van der Waals surface area contributed by atoms with Gasteiger partial charge in [0.1, 0.15) is 0 Å². The summed E-state index contributed by atoms with van der Waals surface area (Å²) in [4.78, 5) is 19.6. The first-order valence-electron chi connectivity index (χ1n) is 9.58. The Balaban J connectivity index is 1.82. The Labute approximate surface area is 167 Å². The van der Waals surface area contributed by atoms with Gasteiger partial charge in [-0.1, -0.05) is 30.3 Å². The molecule has 2 rings (SSSR count). The minimum absolute atomic E-state index is 0.108. The quantitative estimate of drug-likeness (QED) is 0.439. The number of rotatable bonds is 12. The Kier molecular flexibility index (Phi) is 8.19. The number of carbonyl (C=O) groups is 1. The molecule has 1 N–H and O–H groups in total. The number of benzene rings is 1. The van der Waals surface area contributed by atoms with Crippen LogP contribution in [0.5, 0.6) is 5.88 Å². The molecule has 0 bridgehead atoms. The molecule has 1 atom stereocenters. The van der Waals surface area contributed by atoms with Crippen molar-refractivity contribution in [1.82, 2.24) is 9.97 Å². The van der Waals surface area contributed by atoms with E-state index in [0.29, 0.717) is 29.5 Å². The van der Waals surface area contributed by atoms with Crippen molar-refractivity contribution in [3.8, 4) is 5.88 Å². The van der Waals surface area contributed by atoms with E-state index in [9.17, 15) is 9.90 Å². The van der Waals surface area contributed by atoms with Crippen molar-refractivity contribution in [3.05, 3.63) is 48.2 Å². The molecule has 28 heavy (non-hydrogen) atoms. The summed E-state index contributed by atoms with van der Waals surface area (Å²) in [6, 6.07) is 11.7. The van der Waals surface area contributed by atoms with Gasteiger partial charge in [-0.05, 0) is 24.8 Å². The lowest BCUT2D eigenvalue weighted by Crippen LogP contribution is -2.46. The van der Waals surface area contributed by atoms with E-state index in [1.54, 1.807) is 12.3 Å². The number of nitrogens with zero attached hydrogens (tertiary/aromatic N) is 3. The summed E-state index contributed by atoms with van der Waals surface area (Å²) in [5.41, 5.74) is 1.33. The molecule has 152 valence electrons. The van der Waals surface area contributed by atoms with Gasteiger partial charge in [-0.2, -0.15) is 4.98 Å². The Bertz CT molecular complexity index is 732. The highest BCUT2D eigenvalue weighted by Crippen LogP contribution is 2.12. The van der Waals surface area contributed by atoms with Gasteiger partial charge >= 0.3 is 0 Å². The first-order valence-corrected chi connectivity index (χ1v) is 9.58. The van der Waals surface area contributed by atoms with Crippen LogP contribution >= 0.6 is 0 Å². The van der Waals surface area contributed by atoms with Crippen LogP contribution in [-0.4, -0.2) is 60.8 Å². The van der Waals surface area contributed by atoms with E-state index >= 15 is 0 Å². The number of aryl methyl sites for hydroxylation is 1. The number of unbranched alkanes of at least 4 members (excludes halogenated alkanes) is 1. The Morgan fingerprint density at radius 1 is 1.18 bits per heavy atom. The lowest BCUT2D eigenvalue weighted by atomic mass is 10.1. The normalized spacial score (nSPS) is 12.4. The number of hydrogen-bond acceptors (Lipinski definition) is 6. The number of carbonyl (C=O) groups excluding carboxylic acids is 1. The van der Waals surface area contributed by atoms with Crippen LogP contribution in [0.25, 0.3) is 0 Å². The van der Waals surface area contributed by atoms with Gasteiger partial charge in [0.15, 0.2) is 0 Å². The van der Waals surface area contributed by atoms with Crippen LogP contribution in [0.15, 0.2) is 42.6 Å². The molecule has 0 aliphatic rings. The van der Waals surface area contributed by atoms with Gasteiger partial charge in [0.05, 0.1) is 40.3 Å². The molecule has 7 heteroatoms. The first kappa shape index (κ1) is 21.6. The molecule has 1 aromatic heterocycles. The summed E-state index contributed by atoms with van der Waals surface area (Å²) < 4.78 is 6.34. The first-order chi connectivity index (χ1) is 13.3. The monoisotopic (exact) mass is 386 g/mol. The van der Waals surface area contributed by atoms with Gasteiger partial charge in [-0.15, -0.1) is 0 Å². The lowest BCUT2D eigenvalue weighted by molar-refractivity contribution is -0.870. The van der Waals surface area contributed by atoms with Crippen LogP contribution < -0.4 is 15.2 Å². The van der Waals surface area contributed by atoms with Crippen molar-refractivity contribution >= 4 is 11.9 Å². The van der Waals surface area contributed by atoms with Gasteiger partial charge in [0, 0.05) is 24.7 Å². The van der Waals surface area contributed by atoms with Crippen molar-refractivity contribution < 1.29 is 19.1 Å². The van der Waals surface area contributed by atoms with Gasteiger partial charge in [0.25, 0.3) is 0 Å². The van der Waals surface area contributed by atoms with Crippen molar-refractivity contribution in [3.63, 3.8) is 0 Å². The number of quaternary nitrogens is 1. The molecular weight excluding hydrogens is 356 g/mol. The highest BCUT2D eigenvalue weighted by atomic mass is 16.5. The molecule has 7 nitrogen and oxygen atoms in total. The minimum atomic E-state index is -1.10. The topological polar surface area (TPSA) is 87.2 Å². The number of anilines is 1. The highest BCUT2D eigenvalue weighted by Gasteiger charge is 2.19. The number of hydrogen-bond donors (Lipinski definition) is 1. The Hall–Kier alpha value is -2.67. The van der Waals surface area contributed by atoms with Gasteiger partial charge in [-0.3, -0.25) is 0 Å². The van der Waals surface area contributed by atoms with Crippen LogP contribution in [0.3, 0.4) is 0 Å². The molecule has 1 heterocycles. The summed E-state index contributed by atoms with van der Waals surface area (Å²) in [5, 5.41) is 14.1. The van der Waals surface area contributed by atoms with Crippen LogP contribution in [0.4, 0.5) is 5.95 Å². The van der Waals surface area contributed by atoms with Crippen LogP contribution in [0.2, 0.25) is 0 Å². The van der Waals surface area contributed by atoms with E-state index in [1.807, 2.05) is 39.3 Å². The van der Waals surface area contributed by atoms with Crippen LogP contribution in [0, 0.1) is 0 Å². The molecule has 0 amide bonds. The smallest absolute Gasteiger partial charge is 0.226 e. The number of ether oxygens (including phenoxy) is 1. The average Bonchev–Trinajstić information content (AvgIpc) is 2.60. The van der Waals surface area contributed by atoms with Crippen LogP contribution in [0.1, 0.15) is 24.8 Å². The zero-order valence-electron chi connectivity index (χ0n) is 16.9. The molecule has 0 saturated carbocycles. The van der Waals surface area contributed by atoms with E-state index in [2.05, 4.69) is 27.4 Å². The lowest BCUT2D eigenvalue weighted by Gasteiger charge is -2.30. The number of carboxylic acids is 1. The molecule has 2 aromatic rings. The average molecular weight is 386 g/mol. The van der Waals surface area contributed by atoms with Crippen molar-refractivity contribution in [2.45, 2.75) is 31.7 Å². The maximum absolute atomic E-state index is 11.0. The second-order valence-electron chi connectivity index (χ2n) is 7.90. The molecule has 0 saturated heterocycles. The van der Waals surface area contributed by atoms with E-state index in [0.717, 1.165) is 19.3 Å². The molecule has 0 fully saturated rings. The third kappa shape index (κ3) is 8.81. The zero-order valence-corrected chi connectivity index (χ0v) is 16.9. The molecule has 1 unspecified atom stereocenters. The second kappa shape index (κ2) is 10.6. The van der Waals surface area contributed by atoms with E-state index in [-0.39, 0.29) is 12.5 Å². The maximum atomic E-state index is 11.0. The van der Waals surface area contributed by atoms with E-state index in [1.165, 1.54) is 5.56 Å². The molecule has 0 spiro atoms. The van der Waals surface area contributed by atoms with Gasteiger partial charge in [-0.25, -0.2) is 4.98 Å². The zero-order chi connectivity index (χ0) is 20.4. The fraction of sp³-hybridized carbons (Fsp3) is 0.476. The molecule has 0 radical (unpaired) electrons. The molecular formula is C21H30N4O3. The number of aromatic nitrogens is 2. The standard InChI is InChI=1S/C21H30N4O3/c1-25(2,3)16-18(15-20(26)27)23-21-22-13-12-19(24-21)28-14-8-7-11-17-9-5-4-6-10-17/h4-6,9-10,12-13,18H,7-8,11,14-16H2,1-3H3,(H-,22,23,24,26,27). The van der Waals surface area contributed by atoms with Gasteiger partial charge in [0.2, 0.25) is 11.8 Å². The van der Waals surface area contributed by atoms with Gasteiger partial charge < -0.3 is 24.4 Å². The summed E-state index contributed by atoms with van der Waals surface area (Å²) in [5.74, 6) is -0.257. The predicted molar refractivity (Wildman–Crippen MR) is 107 cm³/mol.